The van der Waals surface area contributed by atoms with Gasteiger partial charge in [-0.2, -0.15) is 0 Å². The Kier molecular flexibility index (Phi) is 9.67. The lowest BCUT2D eigenvalue weighted by atomic mass is 9.93. The molecule has 4 nitrogen and oxygen atoms in total. The van der Waals surface area contributed by atoms with Gasteiger partial charge >= 0.3 is 0 Å². The first-order valence-electron chi connectivity index (χ1n) is 8.65. The van der Waals surface area contributed by atoms with E-state index in [0.29, 0.717) is 12.6 Å². The predicted molar refractivity (Wildman–Crippen MR) is 105 cm³/mol. The summed E-state index contributed by atoms with van der Waals surface area (Å²) in [7, 11) is 0. The summed E-state index contributed by atoms with van der Waals surface area (Å²) in [6.45, 7) is 4.47. The second-order valence-corrected chi connectivity index (χ2v) is 6.42. The van der Waals surface area contributed by atoms with Crippen molar-refractivity contribution in [3.05, 3.63) is 30.3 Å². The Hall–Kier alpha value is -0.810. The van der Waals surface area contributed by atoms with Crippen molar-refractivity contribution in [3.8, 4) is 0 Å². The molecule has 0 unspecified atom stereocenters. The van der Waals surface area contributed by atoms with E-state index in [9.17, 15) is 4.79 Å². The van der Waals surface area contributed by atoms with Crippen molar-refractivity contribution >= 4 is 36.4 Å². The molecule has 1 saturated heterocycles. The van der Waals surface area contributed by atoms with Crippen LogP contribution in [0.3, 0.4) is 0 Å². The lowest BCUT2D eigenvalue weighted by Crippen LogP contribution is -2.51. The van der Waals surface area contributed by atoms with Crippen LogP contribution < -0.4 is 10.2 Å². The van der Waals surface area contributed by atoms with E-state index < -0.39 is 0 Å². The molecule has 1 heterocycles. The highest BCUT2D eigenvalue weighted by atomic mass is 35.5. The number of piperazine rings is 1. The average molecular weight is 374 g/mol. The molecule has 2 aliphatic rings. The van der Waals surface area contributed by atoms with E-state index in [1.807, 2.05) is 18.2 Å². The van der Waals surface area contributed by atoms with Crippen molar-refractivity contribution in [2.75, 3.05) is 37.6 Å². The fraction of sp³-hybridized carbons (Fsp3) is 0.611. The molecule has 0 atom stereocenters. The molecule has 0 radical (unpaired) electrons. The number of hydrogen-bond acceptors (Lipinski definition) is 3. The minimum atomic E-state index is 0. The van der Waals surface area contributed by atoms with Crippen LogP contribution in [0.15, 0.2) is 30.3 Å². The van der Waals surface area contributed by atoms with Gasteiger partial charge in [-0.25, -0.2) is 0 Å². The Morgan fingerprint density at radius 2 is 1.67 bits per heavy atom. The molecule has 1 amide bonds. The van der Waals surface area contributed by atoms with Crippen LogP contribution in [0.2, 0.25) is 0 Å². The molecule has 1 aliphatic carbocycles. The molecule has 24 heavy (non-hydrogen) atoms. The molecule has 0 aromatic heterocycles. The van der Waals surface area contributed by atoms with Crippen LogP contribution in [0.25, 0.3) is 0 Å². The minimum Gasteiger partial charge on any atom is -0.314 e. The maximum atomic E-state index is 13.0. The molecule has 1 saturated carbocycles. The number of para-hydroxylation sites is 1. The van der Waals surface area contributed by atoms with Crippen LogP contribution in [0.1, 0.15) is 32.1 Å². The molecule has 1 aromatic rings. The van der Waals surface area contributed by atoms with Gasteiger partial charge in [0.25, 0.3) is 0 Å². The van der Waals surface area contributed by atoms with Gasteiger partial charge < -0.3 is 10.2 Å². The van der Waals surface area contributed by atoms with Crippen molar-refractivity contribution in [3.63, 3.8) is 0 Å². The van der Waals surface area contributed by atoms with Crippen molar-refractivity contribution < 1.29 is 4.79 Å². The fourth-order valence-electron chi connectivity index (χ4n) is 3.62. The summed E-state index contributed by atoms with van der Waals surface area (Å²) < 4.78 is 0. The molecule has 1 aromatic carbocycles. The molecule has 2 fully saturated rings. The van der Waals surface area contributed by atoms with Crippen LogP contribution >= 0.6 is 24.8 Å². The van der Waals surface area contributed by atoms with E-state index in [-0.39, 0.29) is 30.7 Å². The monoisotopic (exact) mass is 373 g/mol. The van der Waals surface area contributed by atoms with Gasteiger partial charge in [-0.3, -0.25) is 9.69 Å². The summed E-state index contributed by atoms with van der Waals surface area (Å²) in [6, 6.07) is 10.6. The summed E-state index contributed by atoms with van der Waals surface area (Å²) >= 11 is 0. The number of nitrogens with zero attached hydrogens (tertiary/aromatic N) is 2. The van der Waals surface area contributed by atoms with Crippen LogP contribution in [0.5, 0.6) is 0 Å². The zero-order valence-electron chi connectivity index (χ0n) is 14.2. The number of anilines is 1. The molecular weight excluding hydrogens is 345 g/mol. The van der Waals surface area contributed by atoms with E-state index in [2.05, 4.69) is 27.2 Å². The average Bonchev–Trinajstić information content (AvgIpc) is 2.58. The van der Waals surface area contributed by atoms with Crippen LogP contribution in [-0.2, 0) is 4.79 Å². The second kappa shape index (κ2) is 10.9. The van der Waals surface area contributed by atoms with E-state index in [0.717, 1.165) is 44.7 Å². The first kappa shape index (κ1) is 21.2. The Morgan fingerprint density at radius 3 is 2.29 bits per heavy atom. The minimum absolute atomic E-state index is 0. The maximum Gasteiger partial charge on any atom is 0.241 e. The first-order chi connectivity index (χ1) is 10.8. The number of benzene rings is 1. The highest BCUT2D eigenvalue weighted by Gasteiger charge is 2.28. The molecule has 1 aliphatic heterocycles. The number of carbonyl (C=O) groups excluding carboxylic acids is 1. The lowest BCUT2D eigenvalue weighted by Gasteiger charge is -2.36. The van der Waals surface area contributed by atoms with Gasteiger partial charge in [0.2, 0.25) is 5.91 Å². The van der Waals surface area contributed by atoms with E-state index >= 15 is 0 Å². The third-order valence-corrected chi connectivity index (χ3v) is 4.81. The molecule has 3 rings (SSSR count). The Bertz CT molecular complexity index is 474. The van der Waals surface area contributed by atoms with Crippen molar-refractivity contribution in [1.82, 2.24) is 10.2 Å². The fourth-order valence-corrected chi connectivity index (χ4v) is 3.62. The Balaban J connectivity index is 0.00000144. The molecule has 136 valence electrons. The summed E-state index contributed by atoms with van der Waals surface area (Å²) in [5, 5.41) is 3.35. The second-order valence-electron chi connectivity index (χ2n) is 6.42. The van der Waals surface area contributed by atoms with Gasteiger partial charge in [-0.1, -0.05) is 37.5 Å². The SMILES string of the molecule is Cl.Cl.O=C(CN1CCNCC1)N(c1ccccc1)C1CCCCC1. The van der Waals surface area contributed by atoms with Crippen molar-refractivity contribution in [2.45, 2.75) is 38.1 Å². The van der Waals surface area contributed by atoms with E-state index in [1.54, 1.807) is 0 Å². The molecule has 0 bridgehead atoms. The summed E-state index contributed by atoms with van der Waals surface area (Å²) in [5.74, 6) is 0.264. The van der Waals surface area contributed by atoms with Gasteiger partial charge in [0.1, 0.15) is 0 Å². The number of amides is 1. The summed E-state index contributed by atoms with van der Waals surface area (Å²) in [5.41, 5.74) is 1.06. The molecule has 0 spiro atoms. The van der Waals surface area contributed by atoms with E-state index in [1.165, 1.54) is 19.3 Å². The quantitative estimate of drug-likeness (QED) is 0.880. The number of halogens is 2. The zero-order chi connectivity index (χ0) is 15.2. The zero-order valence-corrected chi connectivity index (χ0v) is 15.8. The normalized spacial score (nSPS) is 19.0. The highest BCUT2D eigenvalue weighted by Crippen LogP contribution is 2.27. The standard InChI is InChI=1S/C18H27N3O.2ClH/c22-18(15-20-13-11-19-12-14-20)21(16-7-3-1-4-8-16)17-9-5-2-6-10-17;;/h1,3-4,7-8,17,19H,2,5-6,9-15H2;2*1H. The summed E-state index contributed by atoms with van der Waals surface area (Å²) in [4.78, 5) is 17.3. The topological polar surface area (TPSA) is 35.6 Å². The first-order valence-corrected chi connectivity index (χ1v) is 8.65. The van der Waals surface area contributed by atoms with Gasteiger partial charge in [-0.05, 0) is 25.0 Å². The predicted octanol–water partition coefficient (Wildman–Crippen LogP) is 3.10. The lowest BCUT2D eigenvalue weighted by molar-refractivity contribution is -0.120. The molecule has 1 N–H and O–H groups in total. The Morgan fingerprint density at radius 1 is 1.04 bits per heavy atom. The van der Waals surface area contributed by atoms with Gasteiger partial charge in [0.05, 0.1) is 6.54 Å². The molecular formula is C18H29Cl2N3O. The van der Waals surface area contributed by atoms with Gasteiger partial charge in [0, 0.05) is 37.9 Å². The van der Waals surface area contributed by atoms with Crippen LogP contribution in [0.4, 0.5) is 5.69 Å². The third-order valence-electron chi connectivity index (χ3n) is 4.81. The number of carbonyl (C=O) groups is 1. The van der Waals surface area contributed by atoms with Gasteiger partial charge in [0.15, 0.2) is 0 Å². The van der Waals surface area contributed by atoms with Crippen LogP contribution in [0, 0.1) is 0 Å². The largest absolute Gasteiger partial charge is 0.314 e. The smallest absolute Gasteiger partial charge is 0.241 e. The number of hydrogen-bond donors (Lipinski definition) is 1. The maximum absolute atomic E-state index is 13.0. The van der Waals surface area contributed by atoms with Crippen LogP contribution in [-0.4, -0.2) is 49.6 Å². The number of rotatable bonds is 4. The van der Waals surface area contributed by atoms with Crippen molar-refractivity contribution in [2.24, 2.45) is 0 Å². The van der Waals surface area contributed by atoms with Crippen molar-refractivity contribution in [1.29, 1.82) is 0 Å². The van der Waals surface area contributed by atoms with Gasteiger partial charge in [-0.15, -0.1) is 24.8 Å². The molecule has 6 heteroatoms. The van der Waals surface area contributed by atoms with E-state index in [4.69, 9.17) is 0 Å². The third kappa shape index (κ3) is 5.62. The Labute approximate surface area is 157 Å². The highest BCUT2D eigenvalue weighted by molar-refractivity contribution is 5.95. The summed E-state index contributed by atoms with van der Waals surface area (Å²) in [6.07, 6.45) is 6.08. The number of nitrogens with one attached hydrogen (secondary N) is 1.